The van der Waals surface area contributed by atoms with Crippen molar-refractivity contribution in [3.63, 3.8) is 0 Å². The zero-order valence-electron chi connectivity index (χ0n) is 39.7. The van der Waals surface area contributed by atoms with Crippen LogP contribution in [0.1, 0.15) is 24.0 Å². The number of aromatic nitrogens is 4. The first-order valence-electron chi connectivity index (χ1n) is 22.3. The highest BCUT2D eigenvalue weighted by molar-refractivity contribution is 5.95. The molecule has 0 atom stereocenters. The van der Waals surface area contributed by atoms with Crippen LogP contribution in [0.3, 0.4) is 0 Å². The maximum Gasteiger partial charge on any atom is 0.231 e. The Morgan fingerprint density at radius 1 is 0.478 bits per heavy atom. The topological polar surface area (TPSA) is 162 Å². The lowest BCUT2D eigenvalue weighted by Gasteiger charge is -2.24. The second-order valence-electron chi connectivity index (χ2n) is 16.9. The number of rotatable bonds is 2. The van der Waals surface area contributed by atoms with E-state index in [2.05, 4.69) is 90.5 Å². The lowest BCUT2D eigenvalue weighted by molar-refractivity contribution is 0.174. The van der Waals surface area contributed by atoms with Gasteiger partial charge in [-0.2, -0.15) is 0 Å². The van der Waals surface area contributed by atoms with Gasteiger partial charge in [0.05, 0.1) is 49.8 Å². The molecule has 69 heavy (non-hydrogen) atoms. The Bertz CT molecular complexity index is 2510. The highest BCUT2D eigenvalue weighted by Crippen LogP contribution is 2.46. The van der Waals surface area contributed by atoms with Gasteiger partial charge < -0.3 is 68.1 Å². The predicted octanol–water partition coefficient (Wildman–Crippen LogP) is 7.78. The predicted molar refractivity (Wildman–Crippen MR) is 274 cm³/mol. The number of fused-ring (bicyclic) bond motifs is 8. The van der Waals surface area contributed by atoms with Crippen molar-refractivity contribution < 1.29 is 37.9 Å². The van der Waals surface area contributed by atoms with E-state index in [1.54, 1.807) is 26.9 Å². The molecule has 4 aliphatic heterocycles. The number of benzene rings is 4. The second kappa shape index (κ2) is 24.2. The Labute approximate surface area is 421 Å². The molecule has 0 spiro atoms. The van der Waals surface area contributed by atoms with E-state index in [4.69, 9.17) is 37.9 Å². The van der Waals surface area contributed by atoms with Gasteiger partial charge in [-0.05, 0) is 76.4 Å². The zero-order chi connectivity index (χ0) is 45.6. The smallest absolute Gasteiger partial charge is 0.231 e. The standard InChI is InChI=1S/2C24H29N5O4.3ClH/c2*1-28-7-4-10-31-21-11-17-18(12-20(21)30-3)25-14-26-24(17)27-22-16(13-29(2)9-8-28)5-6-19-23(22)33-15-32-19;;;/h2*5-6,11-12,14H,4,7-10,13,15H2,1-3H3,(H,25,26,27);3*1H. The Hall–Kier alpha value is -5.73. The fourth-order valence-electron chi connectivity index (χ4n) is 8.35. The highest BCUT2D eigenvalue weighted by atomic mass is 35.5. The first kappa shape index (κ1) is 52.6. The van der Waals surface area contributed by atoms with Gasteiger partial charge in [0.15, 0.2) is 46.0 Å². The summed E-state index contributed by atoms with van der Waals surface area (Å²) in [5, 5.41) is 8.72. The molecule has 4 bridgehead atoms. The van der Waals surface area contributed by atoms with Gasteiger partial charge in [0, 0.05) is 75.3 Å². The summed E-state index contributed by atoms with van der Waals surface area (Å²) in [6.07, 6.45) is 4.93. The fourth-order valence-corrected chi connectivity index (χ4v) is 8.35. The van der Waals surface area contributed by atoms with Gasteiger partial charge in [0.25, 0.3) is 0 Å². The molecule has 2 aromatic heterocycles. The lowest BCUT2D eigenvalue weighted by Crippen LogP contribution is -2.31. The lowest BCUT2D eigenvalue weighted by atomic mass is 10.1. The summed E-state index contributed by atoms with van der Waals surface area (Å²) in [5.74, 6) is 6.86. The number of likely N-dealkylation sites (N-methyl/N-ethyl adjacent to an activating group) is 4. The maximum atomic E-state index is 6.11. The van der Waals surface area contributed by atoms with E-state index in [-0.39, 0.29) is 50.8 Å². The van der Waals surface area contributed by atoms with Crippen LogP contribution < -0.4 is 48.5 Å². The fraction of sp³-hybridized carbons (Fsp3) is 0.417. The van der Waals surface area contributed by atoms with Crippen LogP contribution in [-0.2, 0) is 13.1 Å². The van der Waals surface area contributed by atoms with E-state index >= 15 is 0 Å². The van der Waals surface area contributed by atoms with Crippen LogP contribution in [0.4, 0.5) is 23.0 Å². The third-order valence-corrected chi connectivity index (χ3v) is 12.1. The maximum absolute atomic E-state index is 6.11. The summed E-state index contributed by atoms with van der Waals surface area (Å²) in [6, 6.07) is 15.8. The van der Waals surface area contributed by atoms with Crippen LogP contribution in [0, 0.1) is 0 Å². The molecule has 0 fully saturated rings. The van der Waals surface area contributed by atoms with E-state index in [0.717, 1.165) is 121 Å². The number of methoxy groups -OCH3 is 2. The largest absolute Gasteiger partial charge is 0.493 e. The summed E-state index contributed by atoms with van der Waals surface area (Å²) < 4.78 is 46.3. The van der Waals surface area contributed by atoms with Crippen molar-refractivity contribution in [1.82, 2.24) is 39.5 Å². The average Bonchev–Trinajstić information content (AvgIpc) is 4.02. The van der Waals surface area contributed by atoms with E-state index in [0.29, 0.717) is 59.3 Å². The van der Waals surface area contributed by atoms with Gasteiger partial charge in [0.1, 0.15) is 24.3 Å². The SMILES string of the molecule is COc1cc2ncnc3c2cc1OCCCN(C)CCN(C)Cc1ccc2c(c1N3)OCO2.COc1cc2ncnc3c2cc1OCCCN(C)CCN(C)Cc1ccc2c(c1N3)OCO2.Cl.Cl.Cl. The minimum atomic E-state index is 0. The monoisotopic (exact) mass is 1010 g/mol. The Morgan fingerprint density at radius 3 is 1.32 bits per heavy atom. The minimum Gasteiger partial charge on any atom is -0.493 e. The summed E-state index contributed by atoms with van der Waals surface area (Å²) in [6.45, 7) is 8.84. The molecule has 0 aliphatic carbocycles. The van der Waals surface area contributed by atoms with Crippen LogP contribution in [0.25, 0.3) is 21.8 Å². The van der Waals surface area contributed by atoms with E-state index in [9.17, 15) is 0 Å². The normalized spacial score (nSPS) is 16.7. The van der Waals surface area contributed by atoms with E-state index in [1.807, 2.05) is 36.4 Å². The van der Waals surface area contributed by atoms with Crippen molar-refractivity contribution in [2.24, 2.45) is 0 Å². The van der Waals surface area contributed by atoms with Gasteiger partial charge >= 0.3 is 0 Å². The van der Waals surface area contributed by atoms with Gasteiger partial charge in [-0.25, -0.2) is 19.9 Å². The number of nitrogens with one attached hydrogen (secondary N) is 2. The summed E-state index contributed by atoms with van der Waals surface area (Å²) in [7, 11) is 11.8. The number of hydrogen-bond donors (Lipinski definition) is 2. The first-order chi connectivity index (χ1) is 32.2. The molecule has 18 nitrogen and oxygen atoms in total. The molecule has 0 saturated carbocycles. The summed E-state index contributed by atoms with van der Waals surface area (Å²) in [5.41, 5.74) is 5.45. The average molecular weight is 1010 g/mol. The van der Waals surface area contributed by atoms with Crippen LogP contribution in [-0.4, -0.2) is 148 Å². The summed E-state index contributed by atoms with van der Waals surface area (Å²) >= 11 is 0. The second-order valence-corrected chi connectivity index (χ2v) is 16.9. The molecule has 372 valence electrons. The number of nitrogens with zero attached hydrogens (tertiary/aromatic N) is 8. The molecule has 6 aromatic rings. The van der Waals surface area contributed by atoms with Crippen molar-refractivity contribution in [1.29, 1.82) is 0 Å². The zero-order valence-corrected chi connectivity index (χ0v) is 42.2. The molecular weight excluding hydrogens is 951 g/mol. The van der Waals surface area contributed by atoms with Crippen LogP contribution in [0.5, 0.6) is 46.0 Å². The van der Waals surface area contributed by atoms with Gasteiger partial charge in [-0.3, -0.25) is 0 Å². The number of hydrogen-bond acceptors (Lipinski definition) is 18. The van der Waals surface area contributed by atoms with Gasteiger partial charge in [0.2, 0.25) is 13.6 Å². The van der Waals surface area contributed by atoms with E-state index in [1.165, 1.54) is 0 Å². The van der Waals surface area contributed by atoms with Gasteiger partial charge in [-0.1, -0.05) is 12.1 Å². The van der Waals surface area contributed by atoms with Crippen molar-refractivity contribution in [3.05, 3.63) is 72.3 Å². The molecule has 21 heteroatoms. The first-order valence-corrected chi connectivity index (χ1v) is 22.3. The quantitative estimate of drug-likeness (QED) is 0.173. The molecule has 6 heterocycles. The Kier molecular flexibility index (Phi) is 18.5. The molecule has 4 aliphatic rings. The molecule has 0 saturated heterocycles. The molecule has 0 unspecified atom stereocenters. The Balaban J connectivity index is 0.000000217. The molecular formula is C48H61Cl3N10O8. The molecule has 0 amide bonds. The summed E-state index contributed by atoms with van der Waals surface area (Å²) in [4.78, 5) is 27.3. The third kappa shape index (κ3) is 12.2. The van der Waals surface area contributed by atoms with Crippen molar-refractivity contribution >= 4 is 82.0 Å². The molecule has 2 N–H and O–H groups in total. The van der Waals surface area contributed by atoms with Crippen molar-refractivity contribution in [2.75, 3.05) is 119 Å². The van der Waals surface area contributed by atoms with E-state index < -0.39 is 0 Å². The highest BCUT2D eigenvalue weighted by Gasteiger charge is 2.26. The number of ether oxygens (including phenoxy) is 8. The van der Waals surface area contributed by atoms with Crippen molar-refractivity contribution in [2.45, 2.75) is 25.9 Å². The molecule has 0 radical (unpaired) electrons. The van der Waals surface area contributed by atoms with Crippen molar-refractivity contribution in [3.8, 4) is 46.0 Å². The molecule has 4 aromatic carbocycles. The van der Waals surface area contributed by atoms with Crippen LogP contribution in [0.15, 0.2) is 61.2 Å². The number of anilines is 4. The third-order valence-electron chi connectivity index (χ3n) is 12.1. The minimum absolute atomic E-state index is 0. The Morgan fingerprint density at radius 2 is 0.899 bits per heavy atom. The van der Waals surface area contributed by atoms with Crippen LogP contribution >= 0.6 is 37.2 Å². The van der Waals surface area contributed by atoms with Gasteiger partial charge in [-0.15, -0.1) is 37.2 Å². The van der Waals surface area contributed by atoms with Crippen LogP contribution in [0.2, 0.25) is 0 Å². The number of halogens is 3. The molecule has 10 rings (SSSR count).